The number of allylic oxidation sites excluding steroid dienone is 2. The number of hydrogen-bond donors (Lipinski definition) is 2. The smallest absolute Gasteiger partial charge is 0.255 e. The number of aliphatic hydroxyl groups excluding tert-OH is 1. The summed E-state index contributed by atoms with van der Waals surface area (Å²) in [4.78, 5) is 55.4. The second kappa shape index (κ2) is 9.77. The number of ether oxygens (including phenoxy) is 1. The summed E-state index contributed by atoms with van der Waals surface area (Å²) >= 11 is 0. The number of hydrogen-bond acceptors (Lipinski definition) is 7. The van der Waals surface area contributed by atoms with E-state index in [0.717, 1.165) is 0 Å². The molecule has 2 unspecified atom stereocenters. The molecule has 1 aliphatic carbocycles. The maximum absolute atomic E-state index is 13.0. The van der Waals surface area contributed by atoms with Crippen LogP contribution in [0.3, 0.4) is 0 Å². The number of para-hydroxylation sites is 1. The number of nitrogens with zero attached hydrogens (tertiary/aromatic N) is 2. The van der Waals surface area contributed by atoms with E-state index in [2.05, 4.69) is 10.3 Å². The first-order valence-electron chi connectivity index (χ1n) is 11.8. The van der Waals surface area contributed by atoms with Crippen molar-refractivity contribution in [1.82, 2.24) is 10.2 Å². The van der Waals surface area contributed by atoms with Crippen LogP contribution in [0.5, 0.6) is 5.75 Å². The fourth-order valence-electron chi connectivity index (χ4n) is 4.81. The van der Waals surface area contributed by atoms with E-state index < -0.39 is 11.9 Å². The zero-order valence-corrected chi connectivity index (χ0v) is 19.5. The van der Waals surface area contributed by atoms with Gasteiger partial charge in [0.2, 0.25) is 11.8 Å². The Hall–Kier alpha value is -4.27. The van der Waals surface area contributed by atoms with Crippen molar-refractivity contribution in [1.29, 1.82) is 0 Å². The molecule has 184 valence electrons. The minimum Gasteiger partial charge on any atom is -0.511 e. The van der Waals surface area contributed by atoms with Crippen LogP contribution in [-0.4, -0.2) is 52.4 Å². The van der Waals surface area contributed by atoms with Gasteiger partial charge in [-0.25, -0.2) is 0 Å². The van der Waals surface area contributed by atoms with Crippen molar-refractivity contribution in [3.05, 3.63) is 71.0 Å². The Morgan fingerprint density at radius 1 is 1.06 bits per heavy atom. The SMILES string of the molecule is O=C1CCC(N2Cc3c(N=CC4=C(O)CC(COc5ccccc5)CC4=O)cccc3C2=O)C(=O)N1. The van der Waals surface area contributed by atoms with Crippen LogP contribution in [0, 0.1) is 5.92 Å². The van der Waals surface area contributed by atoms with Crippen molar-refractivity contribution in [2.45, 2.75) is 38.3 Å². The van der Waals surface area contributed by atoms with Crippen LogP contribution in [-0.2, 0) is 20.9 Å². The van der Waals surface area contributed by atoms with Crippen LogP contribution < -0.4 is 10.1 Å². The number of amides is 3. The van der Waals surface area contributed by atoms with Crippen LogP contribution in [0.15, 0.2) is 64.9 Å². The lowest BCUT2D eigenvalue weighted by Crippen LogP contribution is -2.52. The van der Waals surface area contributed by atoms with Crippen molar-refractivity contribution < 1.29 is 29.0 Å². The van der Waals surface area contributed by atoms with Gasteiger partial charge in [0.1, 0.15) is 17.6 Å². The molecule has 0 spiro atoms. The van der Waals surface area contributed by atoms with E-state index in [4.69, 9.17) is 4.74 Å². The fourth-order valence-corrected chi connectivity index (χ4v) is 4.81. The third-order valence-electron chi connectivity index (χ3n) is 6.69. The number of nitrogens with one attached hydrogen (secondary N) is 1. The average molecular weight is 488 g/mol. The summed E-state index contributed by atoms with van der Waals surface area (Å²) in [7, 11) is 0. The molecule has 1 saturated heterocycles. The number of fused-ring (bicyclic) bond motifs is 1. The fraction of sp³-hybridized carbons (Fsp3) is 0.296. The predicted molar refractivity (Wildman–Crippen MR) is 130 cm³/mol. The molecule has 9 heteroatoms. The largest absolute Gasteiger partial charge is 0.511 e. The molecule has 0 radical (unpaired) electrons. The van der Waals surface area contributed by atoms with Crippen LogP contribution in [0.1, 0.15) is 41.6 Å². The van der Waals surface area contributed by atoms with Crippen molar-refractivity contribution in [2.24, 2.45) is 10.9 Å². The molecule has 0 aromatic heterocycles. The Balaban J connectivity index is 1.30. The number of aliphatic imine (C=N–C) groups is 1. The van der Waals surface area contributed by atoms with Crippen LogP contribution in [0.4, 0.5) is 5.69 Å². The molecular formula is C27H25N3O6. The van der Waals surface area contributed by atoms with Crippen molar-refractivity contribution >= 4 is 35.4 Å². The highest BCUT2D eigenvalue weighted by Gasteiger charge is 2.39. The van der Waals surface area contributed by atoms with E-state index in [9.17, 15) is 24.3 Å². The van der Waals surface area contributed by atoms with E-state index in [1.807, 2.05) is 30.3 Å². The van der Waals surface area contributed by atoms with Crippen LogP contribution >= 0.6 is 0 Å². The van der Waals surface area contributed by atoms with Gasteiger partial charge >= 0.3 is 0 Å². The van der Waals surface area contributed by atoms with Gasteiger partial charge in [0, 0.05) is 49.1 Å². The van der Waals surface area contributed by atoms with Gasteiger partial charge in [-0.2, -0.15) is 0 Å². The molecule has 2 aliphatic heterocycles. The molecule has 2 heterocycles. The molecule has 36 heavy (non-hydrogen) atoms. The topological polar surface area (TPSA) is 125 Å². The van der Waals surface area contributed by atoms with Crippen LogP contribution in [0.2, 0.25) is 0 Å². The number of ketones is 1. The lowest BCUT2D eigenvalue weighted by atomic mass is 9.88. The summed E-state index contributed by atoms with van der Waals surface area (Å²) in [5, 5.41) is 12.8. The van der Waals surface area contributed by atoms with Gasteiger partial charge in [0.25, 0.3) is 5.91 Å². The second-order valence-corrected chi connectivity index (χ2v) is 9.14. The molecule has 5 rings (SSSR count). The Bertz CT molecular complexity index is 1300. The van der Waals surface area contributed by atoms with Crippen molar-refractivity contribution in [3.8, 4) is 5.75 Å². The minimum atomic E-state index is -0.721. The number of carbonyl (C=O) groups excluding carboxylic acids is 4. The Kier molecular flexibility index (Phi) is 6.37. The molecule has 3 aliphatic rings. The highest BCUT2D eigenvalue weighted by molar-refractivity contribution is 6.15. The molecule has 0 saturated carbocycles. The normalized spacial score (nSPS) is 22.3. The van der Waals surface area contributed by atoms with E-state index >= 15 is 0 Å². The summed E-state index contributed by atoms with van der Waals surface area (Å²) < 4.78 is 5.74. The number of carbonyl (C=O) groups is 4. The van der Waals surface area contributed by atoms with E-state index in [1.165, 1.54) is 11.1 Å². The maximum atomic E-state index is 13.0. The zero-order valence-electron chi connectivity index (χ0n) is 19.5. The molecule has 9 nitrogen and oxygen atoms in total. The summed E-state index contributed by atoms with van der Waals surface area (Å²) in [5.74, 6) is -0.817. The lowest BCUT2D eigenvalue weighted by Gasteiger charge is -2.29. The Morgan fingerprint density at radius 2 is 1.86 bits per heavy atom. The molecule has 1 fully saturated rings. The van der Waals surface area contributed by atoms with E-state index in [1.54, 1.807) is 18.2 Å². The number of benzene rings is 2. The van der Waals surface area contributed by atoms with E-state index in [-0.39, 0.29) is 60.7 Å². The van der Waals surface area contributed by atoms with Gasteiger partial charge in [-0.3, -0.25) is 29.5 Å². The number of imide groups is 1. The van der Waals surface area contributed by atoms with E-state index in [0.29, 0.717) is 35.6 Å². The summed E-state index contributed by atoms with van der Waals surface area (Å²) in [5.41, 5.74) is 1.70. The number of aliphatic hydroxyl groups is 1. The number of piperidine rings is 1. The van der Waals surface area contributed by atoms with Crippen molar-refractivity contribution in [2.75, 3.05) is 6.61 Å². The molecule has 2 atom stereocenters. The second-order valence-electron chi connectivity index (χ2n) is 9.14. The highest BCUT2D eigenvalue weighted by Crippen LogP contribution is 2.34. The molecule has 0 bridgehead atoms. The Labute approximate surface area is 207 Å². The van der Waals surface area contributed by atoms with Crippen LogP contribution in [0.25, 0.3) is 0 Å². The summed E-state index contributed by atoms with van der Waals surface area (Å²) in [6, 6.07) is 13.6. The van der Waals surface area contributed by atoms with Gasteiger partial charge in [0.05, 0.1) is 17.9 Å². The molecule has 2 aromatic rings. The molecule has 2 aromatic carbocycles. The summed E-state index contributed by atoms with van der Waals surface area (Å²) in [6.45, 7) is 0.487. The average Bonchev–Trinajstić information content (AvgIpc) is 3.20. The first-order valence-corrected chi connectivity index (χ1v) is 11.8. The predicted octanol–water partition coefficient (Wildman–Crippen LogP) is 3.02. The van der Waals surface area contributed by atoms with Crippen molar-refractivity contribution in [3.63, 3.8) is 0 Å². The monoisotopic (exact) mass is 487 g/mol. The lowest BCUT2D eigenvalue weighted by molar-refractivity contribution is -0.137. The highest BCUT2D eigenvalue weighted by atomic mass is 16.5. The first-order chi connectivity index (χ1) is 17.4. The van der Waals surface area contributed by atoms with Gasteiger partial charge in [0.15, 0.2) is 5.78 Å². The van der Waals surface area contributed by atoms with Gasteiger partial charge < -0.3 is 14.7 Å². The summed E-state index contributed by atoms with van der Waals surface area (Å²) in [6.07, 6.45) is 2.32. The third-order valence-corrected chi connectivity index (χ3v) is 6.69. The van der Waals surface area contributed by atoms with Gasteiger partial charge in [-0.1, -0.05) is 24.3 Å². The number of rotatable bonds is 6. The van der Waals surface area contributed by atoms with Gasteiger partial charge in [-0.05, 0) is 30.7 Å². The molecule has 2 N–H and O–H groups in total. The third kappa shape index (κ3) is 4.64. The van der Waals surface area contributed by atoms with Gasteiger partial charge in [-0.15, -0.1) is 0 Å². The molecular weight excluding hydrogens is 462 g/mol. The zero-order chi connectivity index (χ0) is 25.2. The quantitative estimate of drug-likeness (QED) is 0.477. The standard InChI is InChI=1S/C27H25N3O6/c31-23-11-16(15-36-17-5-2-1-3-6-17)12-24(32)19(23)13-28-21-8-4-7-18-20(21)14-30(27(18)35)22-9-10-25(33)29-26(22)34/h1-8,13,16,22,31H,9-12,14-15H2,(H,29,33,34). The first kappa shape index (κ1) is 23.5. The minimum absolute atomic E-state index is 0.0366. The molecule has 3 amide bonds. The maximum Gasteiger partial charge on any atom is 0.255 e. The Morgan fingerprint density at radius 3 is 2.61 bits per heavy atom. The number of Topliss-reactive ketones (excluding diaryl/α,β-unsaturated/α-hetero) is 1.